The van der Waals surface area contributed by atoms with Gasteiger partial charge in [-0.2, -0.15) is 0 Å². The topological polar surface area (TPSA) is 80.2 Å². The Morgan fingerprint density at radius 2 is 1.91 bits per heavy atom. The van der Waals surface area contributed by atoms with Gasteiger partial charge in [-0.3, -0.25) is 9.59 Å². The van der Waals surface area contributed by atoms with Gasteiger partial charge < -0.3 is 19.7 Å². The van der Waals surface area contributed by atoms with Crippen LogP contribution in [-0.2, 0) is 9.59 Å². The summed E-state index contributed by atoms with van der Waals surface area (Å²) in [7, 11) is 3.08. The van der Waals surface area contributed by atoms with Gasteiger partial charge in [-0.05, 0) is 60.7 Å². The van der Waals surface area contributed by atoms with Crippen molar-refractivity contribution in [2.45, 2.75) is 20.3 Å². The smallest absolute Gasteiger partial charge is 0.244 e. The molecule has 8 heteroatoms. The lowest BCUT2D eigenvalue weighted by atomic mass is 10.1. The maximum atomic E-state index is 13.3. The van der Waals surface area contributed by atoms with E-state index in [1.54, 1.807) is 36.6 Å². The predicted molar refractivity (Wildman–Crippen MR) is 132 cm³/mol. The van der Waals surface area contributed by atoms with E-state index in [2.05, 4.69) is 5.32 Å². The molecule has 1 aromatic heterocycles. The number of amides is 2. The number of nitrogens with zero attached hydrogens (tertiary/aromatic N) is 2. The Balaban J connectivity index is 1.64. The molecule has 3 aromatic rings. The molecule has 1 N–H and O–H groups in total. The maximum absolute atomic E-state index is 13.3. The molecule has 0 atom stereocenters. The van der Waals surface area contributed by atoms with E-state index in [9.17, 15) is 9.59 Å². The third kappa shape index (κ3) is 4.75. The minimum atomic E-state index is -0.337. The zero-order chi connectivity index (χ0) is 23.5. The number of hydrogen-bond donors (Lipinski definition) is 1. The number of aryl methyl sites for hydroxylation is 2. The van der Waals surface area contributed by atoms with E-state index in [0.29, 0.717) is 34.3 Å². The number of aliphatic imine (C=N–C) groups is 1. The van der Waals surface area contributed by atoms with Gasteiger partial charge in [0, 0.05) is 10.9 Å². The zero-order valence-electron chi connectivity index (χ0n) is 19.0. The standard InChI is InChI=1S/C25H25N3O4S/c1-15-10-19-21(11-16(15)2)28(25(30)13-20(26-19)23-6-5-9-33-23)14-24(29)27-18-8-7-17(31-3)12-22(18)32-4/h5-12H,13-14H2,1-4H3,(H,27,29). The summed E-state index contributed by atoms with van der Waals surface area (Å²) in [5.41, 5.74) is 4.62. The second-order valence-corrected chi connectivity index (χ2v) is 8.68. The number of nitrogens with one attached hydrogen (secondary N) is 1. The number of rotatable bonds is 6. The van der Waals surface area contributed by atoms with Crippen LogP contribution in [0.1, 0.15) is 22.4 Å². The summed E-state index contributed by atoms with van der Waals surface area (Å²) in [5, 5.41) is 4.81. The van der Waals surface area contributed by atoms with E-state index in [1.165, 1.54) is 12.0 Å². The first-order valence-electron chi connectivity index (χ1n) is 10.4. The number of benzene rings is 2. The third-order valence-electron chi connectivity index (χ3n) is 5.55. The molecule has 0 bridgehead atoms. The normalized spacial score (nSPS) is 13.2. The van der Waals surface area contributed by atoms with E-state index in [4.69, 9.17) is 14.5 Å². The van der Waals surface area contributed by atoms with Gasteiger partial charge in [-0.15, -0.1) is 11.3 Å². The fourth-order valence-electron chi connectivity index (χ4n) is 3.64. The van der Waals surface area contributed by atoms with Crippen LogP contribution in [0.4, 0.5) is 17.1 Å². The van der Waals surface area contributed by atoms with Gasteiger partial charge in [-0.25, -0.2) is 4.99 Å². The Hall–Kier alpha value is -3.65. The average molecular weight is 464 g/mol. The summed E-state index contributed by atoms with van der Waals surface area (Å²) in [5.74, 6) is 0.571. The average Bonchev–Trinajstić information content (AvgIpc) is 3.30. The number of anilines is 2. The Morgan fingerprint density at radius 1 is 1.12 bits per heavy atom. The third-order valence-corrected chi connectivity index (χ3v) is 6.47. The fourth-order valence-corrected chi connectivity index (χ4v) is 4.36. The molecule has 2 aromatic carbocycles. The van der Waals surface area contributed by atoms with Gasteiger partial charge >= 0.3 is 0 Å². The van der Waals surface area contributed by atoms with Crippen LogP contribution in [0.5, 0.6) is 11.5 Å². The molecule has 1 aliphatic rings. The van der Waals surface area contributed by atoms with Gasteiger partial charge in [0.05, 0.1) is 43.4 Å². The largest absolute Gasteiger partial charge is 0.497 e. The second kappa shape index (κ2) is 9.46. The number of carbonyl (C=O) groups is 2. The summed E-state index contributed by atoms with van der Waals surface area (Å²) in [6.45, 7) is 3.85. The lowest BCUT2D eigenvalue weighted by Gasteiger charge is -2.23. The number of carbonyl (C=O) groups excluding carboxylic acids is 2. The molecule has 0 saturated carbocycles. The highest BCUT2D eigenvalue weighted by molar-refractivity contribution is 7.12. The van der Waals surface area contributed by atoms with Crippen molar-refractivity contribution in [1.82, 2.24) is 0 Å². The molecular formula is C25H25N3O4S. The highest BCUT2D eigenvalue weighted by Crippen LogP contribution is 2.36. The monoisotopic (exact) mass is 463 g/mol. The molecule has 0 spiro atoms. The van der Waals surface area contributed by atoms with Crippen LogP contribution in [0, 0.1) is 13.8 Å². The van der Waals surface area contributed by atoms with Crippen LogP contribution in [0.2, 0.25) is 0 Å². The van der Waals surface area contributed by atoms with Gasteiger partial charge in [0.15, 0.2) is 0 Å². The Morgan fingerprint density at radius 3 is 2.61 bits per heavy atom. The first-order valence-corrected chi connectivity index (χ1v) is 11.3. The van der Waals surface area contributed by atoms with Gasteiger partial charge in [0.2, 0.25) is 11.8 Å². The Labute approximate surface area is 196 Å². The van der Waals surface area contributed by atoms with Crippen LogP contribution >= 0.6 is 11.3 Å². The quantitative estimate of drug-likeness (QED) is 0.565. The Bertz CT molecular complexity index is 1230. The maximum Gasteiger partial charge on any atom is 0.244 e. The van der Waals surface area contributed by atoms with Crippen molar-refractivity contribution in [2.75, 3.05) is 31.0 Å². The van der Waals surface area contributed by atoms with E-state index in [-0.39, 0.29) is 24.8 Å². The van der Waals surface area contributed by atoms with Crippen LogP contribution in [0.25, 0.3) is 0 Å². The molecule has 1 aliphatic heterocycles. The molecule has 2 amide bonds. The van der Waals surface area contributed by atoms with Crippen LogP contribution < -0.4 is 19.7 Å². The van der Waals surface area contributed by atoms with Crippen molar-refractivity contribution < 1.29 is 19.1 Å². The zero-order valence-corrected chi connectivity index (χ0v) is 19.8. The molecule has 0 unspecified atom stereocenters. The van der Waals surface area contributed by atoms with Crippen LogP contribution in [0.15, 0.2) is 52.8 Å². The second-order valence-electron chi connectivity index (χ2n) is 7.73. The van der Waals surface area contributed by atoms with E-state index in [1.807, 2.05) is 43.5 Å². The molecule has 7 nitrogen and oxygen atoms in total. The van der Waals surface area contributed by atoms with E-state index >= 15 is 0 Å². The SMILES string of the molecule is COc1ccc(NC(=O)CN2C(=O)CC(c3cccs3)=Nc3cc(C)c(C)cc32)c(OC)c1. The molecule has 0 fully saturated rings. The molecule has 0 radical (unpaired) electrons. The number of thiophene rings is 1. The predicted octanol–water partition coefficient (Wildman–Crippen LogP) is 4.88. The fraction of sp³-hybridized carbons (Fsp3) is 0.240. The van der Waals surface area contributed by atoms with Crippen LogP contribution in [0.3, 0.4) is 0 Å². The van der Waals surface area contributed by atoms with Crippen molar-refractivity contribution in [3.63, 3.8) is 0 Å². The summed E-state index contributed by atoms with van der Waals surface area (Å²) < 4.78 is 10.6. The lowest BCUT2D eigenvalue weighted by Crippen LogP contribution is -2.38. The summed E-state index contributed by atoms with van der Waals surface area (Å²) >= 11 is 1.54. The van der Waals surface area contributed by atoms with E-state index < -0.39 is 0 Å². The molecule has 0 saturated heterocycles. The molecule has 170 valence electrons. The highest BCUT2D eigenvalue weighted by Gasteiger charge is 2.28. The van der Waals surface area contributed by atoms with Crippen LogP contribution in [-0.4, -0.2) is 38.3 Å². The minimum absolute atomic E-state index is 0.117. The number of hydrogen-bond acceptors (Lipinski definition) is 6. The number of fused-ring (bicyclic) bond motifs is 1. The molecular weight excluding hydrogens is 438 g/mol. The summed E-state index contributed by atoms with van der Waals surface area (Å²) in [6, 6.07) is 12.9. The van der Waals surface area contributed by atoms with Gasteiger partial charge in [0.25, 0.3) is 0 Å². The van der Waals surface area contributed by atoms with Crippen molar-refractivity contribution in [3.05, 3.63) is 63.8 Å². The Kier molecular flexibility index (Phi) is 6.46. The lowest BCUT2D eigenvalue weighted by molar-refractivity contribution is -0.120. The number of methoxy groups -OCH3 is 2. The first kappa shape index (κ1) is 22.5. The number of ether oxygens (including phenoxy) is 2. The highest BCUT2D eigenvalue weighted by atomic mass is 32.1. The van der Waals surface area contributed by atoms with Crippen molar-refractivity contribution in [1.29, 1.82) is 0 Å². The first-order chi connectivity index (χ1) is 15.9. The molecule has 2 heterocycles. The van der Waals surface area contributed by atoms with Gasteiger partial charge in [0.1, 0.15) is 18.0 Å². The van der Waals surface area contributed by atoms with Crippen molar-refractivity contribution >= 4 is 45.9 Å². The summed E-state index contributed by atoms with van der Waals surface area (Å²) in [4.78, 5) is 33.6. The molecule has 33 heavy (non-hydrogen) atoms. The molecule has 0 aliphatic carbocycles. The van der Waals surface area contributed by atoms with Gasteiger partial charge in [-0.1, -0.05) is 6.07 Å². The van der Waals surface area contributed by atoms with Crippen molar-refractivity contribution in [3.8, 4) is 11.5 Å². The van der Waals surface area contributed by atoms with Crippen molar-refractivity contribution in [2.24, 2.45) is 4.99 Å². The molecule has 4 rings (SSSR count). The summed E-state index contributed by atoms with van der Waals surface area (Å²) in [6.07, 6.45) is 0.117. The van der Waals surface area contributed by atoms with E-state index in [0.717, 1.165) is 16.0 Å². The minimum Gasteiger partial charge on any atom is -0.497 e.